The standard InChI is InChI=1S/C17H19N5/c18-11-14-4-6-15(7-5-14)12-21-16-3-1-10-22(13-16)17-19-8-2-9-20-17/h2,4-9,16,21H,1,3,10,12-13H2/t16-/m0/s1. The highest BCUT2D eigenvalue weighted by molar-refractivity contribution is 5.32. The van der Waals surface area contributed by atoms with E-state index >= 15 is 0 Å². The van der Waals surface area contributed by atoms with Crippen molar-refractivity contribution in [3.63, 3.8) is 0 Å². The van der Waals surface area contributed by atoms with Crippen LogP contribution in [-0.4, -0.2) is 29.1 Å². The van der Waals surface area contributed by atoms with Gasteiger partial charge >= 0.3 is 0 Å². The Bertz CT molecular complexity index is 632. The molecule has 1 aromatic carbocycles. The number of piperidine rings is 1. The molecule has 1 aliphatic rings. The summed E-state index contributed by atoms with van der Waals surface area (Å²) in [6.45, 7) is 2.76. The predicted octanol–water partition coefficient (Wildman–Crippen LogP) is 2.11. The number of anilines is 1. The van der Waals surface area contributed by atoms with E-state index in [1.807, 2.05) is 30.3 Å². The first kappa shape index (κ1) is 14.5. The lowest BCUT2D eigenvalue weighted by atomic mass is 10.1. The quantitative estimate of drug-likeness (QED) is 0.935. The van der Waals surface area contributed by atoms with Crippen molar-refractivity contribution in [2.75, 3.05) is 18.0 Å². The second-order valence-corrected chi connectivity index (χ2v) is 5.52. The average Bonchev–Trinajstić information content (AvgIpc) is 2.61. The van der Waals surface area contributed by atoms with E-state index in [2.05, 4.69) is 26.3 Å². The van der Waals surface area contributed by atoms with Crippen molar-refractivity contribution in [1.82, 2.24) is 15.3 Å². The zero-order valence-electron chi connectivity index (χ0n) is 12.4. The normalized spacial score (nSPS) is 18.0. The van der Waals surface area contributed by atoms with Crippen LogP contribution in [0.4, 0.5) is 5.95 Å². The summed E-state index contributed by atoms with van der Waals surface area (Å²) in [6, 6.07) is 12.2. The fourth-order valence-electron chi connectivity index (χ4n) is 2.74. The van der Waals surface area contributed by atoms with Crippen LogP contribution in [0.5, 0.6) is 0 Å². The molecule has 0 spiro atoms. The number of nitriles is 1. The molecule has 112 valence electrons. The first-order valence-electron chi connectivity index (χ1n) is 7.59. The molecule has 5 heteroatoms. The van der Waals surface area contributed by atoms with Crippen molar-refractivity contribution in [3.05, 3.63) is 53.9 Å². The molecule has 2 aromatic rings. The van der Waals surface area contributed by atoms with Crippen LogP contribution in [0.2, 0.25) is 0 Å². The molecule has 0 aliphatic carbocycles. The minimum atomic E-state index is 0.438. The number of nitrogens with zero attached hydrogens (tertiary/aromatic N) is 4. The van der Waals surface area contributed by atoms with E-state index in [1.165, 1.54) is 12.0 Å². The molecular formula is C17H19N5. The van der Waals surface area contributed by atoms with Crippen LogP contribution >= 0.6 is 0 Å². The van der Waals surface area contributed by atoms with Crippen molar-refractivity contribution in [2.24, 2.45) is 0 Å². The summed E-state index contributed by atoms with van der Waals surface area (Å²) in [5.74, 6) is 0.812. The van der Waals surface area contributed by atoms with Crippen LogP contribution in [-0.2, 0) is 6.54 Å². The summed E-state index contributed by atoms with van der Waals surface area (Å²) in [7, 11) is 0. The highest BCUT2D eigenvalue weighted by atomic mass is 15.3. The van der Waals surface area contributed by atoms with Gasteiger partial charge < -0.3 is 10.2 Å². The maximum Gasteiger partial charge on any atom is 0.225 e. The molecule has 3 rings (SSSR count). The third-order valence-electron chi connectivity index (χ3n) is 3.93. The van der Waals surface area contributed by atoms with Gasteiger partial charge in [0.15, 0.2) is 0 Å². The van der Waals surface area contributed by atoms with Crippen molar-refractivity contribution >= 4 is 5.95 Å². The molecular weight excluding hydrogens is 274 g/mol. The zero-order chi connectivity index (χ0) is 15.2. The summed E-state index contributed by atoms with van der Waals surface area (Å²) in [5.41, 5.74) is 1.90. The molecule has 1 fully saturated rings. The third kappa shape index (κ3) is 3.60. The van der Waals surface area contributed by atoms with E-state index < -0.39 is 0 Å². The van der Waals surface area contributed by atoms with Gasteiger partial charge in [-0.05, 0) is 36.6 Å². The van der Waals surface area contributed by atoms with Gasteiger partial charge in [-0.15, -0.1) is 0 Å². The molecule has 2 heterocycles. The van der Waals surface area contributed by atoms with E-state index in [4.69, 9.17) is 5.26 Å². The van der Waals surface area contributed by atoms with Crippen LogP contribution < -0.4 is 10.2 Å². The second-order valence-electron chi connectivity index (χ2n) is 5.52. The van der Waals surface area contributed by atoms with E-state index in [-0.39, 0.29) is 0 Å². The first-order valence-corrected chi connectivity index (χ1v) is 7.59. The van der Waals surface area contributed by atoms with Crippen LogP contribution in [0, 0.1) is 11.3 Å². The number of benzene rings is 1. The van der Waals surface area contributed by atoms with Crippen molar-refractivity contribution in [1.29, 1.82) is 5.26 Å². The fourth-order valence-corrected chi connectivity index (χ4v) is 2.74. The third-order valence-corrected chi connectivity index (χ3v) is 3.93. The predicted molar refractivity (Wildman–Crippen MR) is 85.3 cm³/mol. The molecule has 1 aliphatic heterocycles. The van der Waals surface area contributed by atoms with Gasteiger partial charge in [-0.1, -0.05) is 12.1 Å². The Morgan fingerprint density at radius 3 is 2.73 bits per heavy atom. The summed E-state index contributed by atoms with van der Waals surface area (Å²) < 4.78 is 0. The minimum Gasteiger partial charge on any atom is -0.339 e. The molecule has 0 bridgehead atoms. The van der Waals surface area contributed by atoms with E-state index in [0.717, 1.165) is 32.0 Å². The van der Waals surface area contributed by atoms with Gasteiger partial charge in [0, 0.05) is 38.1 Å². The van der Waals surface area contributed by atoms with Crippen molar-refractivity contribution in [3.8, 4) is 6.07 Å². The minimum absolute atomic E-state index is 0.438. The number of hydrogen-bond acceptors (Lipinski definition) is 5. The van der Waals surface area contributed by atoms with Crippen molar-refractivity contribution in [2.45, 2.75) is 25.4 Å². The fraction of sp³-hybridized carbons (Fsp3) is 0.353. The lowest BCUT2D eigenvalue weighted by Crippen LogP contribution is -2.46. The largest absolute Gasteiger partial charge is 0.339 e. The topological polar surface area (TPSA) is 64.8 Å². The molecule has 0 radical (unpaired) electrons. The smallest absolute Gasteiger partial charge is 0.225 e. The van der Waals surface area contributed by atoms with Gasteiger partial charge in [0.2, 0.25) is 5.95 Å². The molecule has 0 amide bonds. The summed E-state index contributed by atoms with van der Waals surface area (Å²) in [6.07, 6.45) is 5.88. The molecule has 1 N–H and O–H groups in total. The number of rotatable bonds is 4. The maximum atomic E-state index is 8.82. The Labute approximate surface area is 130 Å². The van der Waals surface area contributed by atoms with Gasteiger partial charge in [-0.2, -0.15) is 5.26 Å². The highest BCUT2D eigenvalue weighted by Gasteiger charge is 2.20. The summed E-state index contributed by atoms with van der Waals surface area (Å²) >= 11 is 0. The van der Waals surface area contributed by atoms with Gasteiger partial charge in [-0.25, -0.2) is 9.97 Å². The first-order chi connectivity index (χ1) is 10.8. The van der Waals surface area contributed by atoms with Crippen molar-refractivity contribution < 1.29 is 0 Å². The highest BCUT2D eigenvalue weighted by Crippen LogP contribution is 2.15. The molecule has 1 atom stereocenters. The van der Waals surface area contributed by atoms with Gasteiger partial charge in [0.25, 0.3) is 0 Å². The Hall–Kier alpha value is -2.45. The Kier molecular flexibility index (Phi) is 4.62. The number of hydrogen-bond donors (Lipinski definition) is 1. The Balaban J connectivity index is 1.55. The average molecular weight is 293 g/mol. The monoisotopic (exact) mass is 293 g/mol. The van der Waals surface area contributed by atoms with E-state index in [1.54, 1.807) is 12.4 Å². The second kappa shape index (κ2) is 7.01. The molecule has 5 nitrogen and oxygen atoms in total. The van der Waals surface area contributed by atoms with Gasteiger partial charge in [0.1, 0.15) is 0 Å². The van der Waals surface area contributed by atoms with Crippen LogP contribution in [0.3, 0.4) is 0 Å². The molecule has 1 saturated heterocycles. The lowest BCUT2D eigenvalue weighted by molar-refractivity contribution is 0.418. The van der Waals surface area contributed by atoms with Gasteiger partial charge in [0.05, 0.1) is 11.6 Å². The van der Waals surface area contributed by atoms with Crippen LogP contribution in [0.15, 0.2) is 42.7 Å². The van der Waals surface area contributed by atoms with E-state index in [0.29, 0.717) is 11.6 Å². The Morgan fingerprint density at radius 2 is 2.00 bits per heavy atom. The number of nitrogens with one attached hydrogen (secondary N) is 1. The molecule has 22 heavy (non-hydrogen) atoms. The maximum absolute atomic E-state index is 8.82. The van der Waals surface area contributed by atoms with Crippen LogP contribution in [0.25, 0.3) is 0 Å². The lowest BCUT2D eigenvalue weighted by Gasteiger charge is -2.33. The summed E-state index contributed by atoms with van der Waals surface area (Å²) in [5, 5.41) is 12.4. The number of aromatic nitrogens is 2. The zero-order valence-corrected chi connectivity index (χ0v) is 12.4. The molecule has 1 aromatic heterocycles. The van der Waals surface area contributed by atoms with E-state index in [9.17, 15) is 0 Å². The van der Waals surface area contributed by atoms with Crippen LogP contribution in [0.1, 0.15) is 24.0 Å². The molecule has 0 unspecified atom stereocenters. The Morgan fingerprint density at radius 1 is 1.23 bits per heavy atom. The van der Waals surface area contributed by atoms with Gasteiger partial charge in [-0.3, -0.25) is 0 Å². The SMILES string of the molecule is N#Cc1ccc(CN[C@H]2CCCN(c3ncccn3)C2)cc1. The summed E-state index contributed by atoms with van der Waals surface area (Å²) in [4.78, 5) is 10.9. The molecule has 0 saturated carbocycles.